The van der Waals surface area contributed by atoms with Gasteiger partial charge in [0.25, 0.3) is 0 Å². The number of hydrogen-bond donors (Lipinski definition) is 0. The Morgan fingerprint density at radius 3 is 2.65 bits per heavy atom. The van der Waals surface area contributed by atoms with Gasteiger partial charge in [-0.05, 0) is 44.0 Å². The summed E-state index contributed by atoms with van der Waals surface area (Å²) in [5.74, 6) is 1.75. The van der Waals surface area contributed by atoms with Gasteiger partial charge in [0.1, 0.15) is 5.75 Å². The zero-order chi connectivity index (χ0) is 16.4. The molecule has 0 aromatic heterocycles. The van der Waals surface area contributed by atoms with Gasteiger partial charge < -0.3 is 9.47 Å². The predicted octanol–water partition coefficient (Wildman–Crippen LogP) is 2.95. The SMILES string of the molecule is COC(=O)[C@H]1[C@H]2CC[C@@H](C[C@H]1SCc1ccc(OC)cc1)N2C. The lowest BCUT2D eigenvalue weighted by molar-refractivity contribution is -0.148. The number of hydrogen-bond acceptors (Lipinski definition) is 5. The molecule has 4 nitrogen and oxygen atoms in total. The normalized spacial score (nSPS) is 30.2. The van der Waals surface area contributed by atoms with Crippen molar-refractivity contribution < 1.29 is 14.3 Å². The van der Waals surface area contributed by atoms with Gasteiger partial charge in [0.15, 0.2) is 0 Å². The van der Waals surface area contributed by atoms with Crippen molar-refractivity contribution in [3.63, 3.8) is 0 Å². The summed E-state index contributed by atoms with van der Waals surface area (Å²) < 4.78 is 10.3. The first-order valence-electron chi connectivity index (χ1n) is 8.18. The van der Waals surface area contributed by atoms with E-state index in [1.165, 1.54) is 19.1 Å². The van der Waals surface area contributed by atoms with Gasteiger partial charge >= 0.3 is 5.97 Å². The molecule has 126 valence electrons. The Kier molecular flexibility index (Phi) is 5.17. The Hall–Kier alpha value is -1.20. The van der Waals surface area contributed by atoms with Crippen LogP contribution in [0.1, 0.15) is 24.8 Å². The van der Waals surface area contributed by atoms with Crippen molar-refractivity contribution in [2.45, 2.75) is 42.3 Å². The van der Waals surface area contributed by atoms with Gasteiger partial charge in [0.2, 0.25) is 0 Å². The van der Waals surface area contributed by atoms with E-state index in [4.69, 9.17) is 9.47 Å². The van der Waals surface area contributed by atoms with E-state index in [2.05, 4.69) is 24.1 Å². The van der Waals surface area contributed by atoms with Crippen molar-refractivity contribution in [2.75, 3.05) is 21.3 Å². The summed E-state index contributed by atoms with van der Waals surface area (Å²) in [5.41, 5.74) is 1.27. The first-order valence-corrected chi connectivity index (χ1v) is 9.23. The van der Waals surface area contributed by atoms with Crippen molar-refractivity contribution in [3.8, 4) is 5.75 Å². The van der Waals surface area contributed by atoms with Crippen LogP contribution in [0, 0.1) is 5.92 Å². The van der Waals surface area contributed by atoms with E-state index in [0.29, 0.717) is 17.3 Å². The summed E-state index contributed by atoms with van der Waals surface area (Å²) in [6, 6.07) is 9.15. The van der Waals surface area contributed by atoms with Gasteiger partial charge in [-0.15, -0.1) is 0 Å². The Bertz CT molecular complexity index is 548. The molecule has 2 aliphatic heterocycles. The Morgan fingerprint density at radius 1 is 1.26 bits per heavy atom. The molecule has 0 unspecified atom stereocenters. The monoisotopic (exact) mass is 335 g/mol. The van der Waals surface area contributed by atoms with Gasteiger partial charge in [-0.25, -0.2) is 0 Å². The maximum atomic E-state index is 12.3. The third-order valence-corrected chi connectivity index (χ3v) is 6.72. The first-order chi connectivity index (χ1) is 11.1. The van der Waals surface area contributed by atoms with E-state index in [1.54, 1.807) is 7.11 Å². The third kappa shape index (κ3) is 3.36. The molecule has 0 spiro atoms. The number of benzene rings is 1. The minimum atomic E-state index is -0.0468. The summed E-state index contributed by atoms with van der Waals surface area (Å²) in [5, 5.41) is 0.346. The maximum absolute atomic E-state index is 12.3. The molecule has 0 radical (unpaired) electrons. The maximum Gasteiger partial charge on any atom is 0.311 e. The minimum Gasteiger partial charge on any atom is -0.497 e. The molecular weight excluding hydrogens is 310 g/mol. The summed E-state index contributed by atoms with van der Waals surface area (Å²) >= 11 is 1.90. The van der Waals surface area contributed by atoms with Crippen LogP contribution < -0.4 is 4.74 Å². The highest BCUT2D eigenvalue weighted by Gasteiger charge is 2.49. The largest absolute Gasteiger partial charge is 0.497 e. The molecular formula is C18H25NO3S. The Labute approximate surface area is 142 Å². The molecule has 2 saturated heterocycles. The number of rotatable bonds is 5. The predicted molar refractivity (Wildman–Crippen MR) is 92.8 cm³/mol. The van der Waals surface area contributed by atoms with E-state index >= 15 is 0 Å². The lowest BCUT2D eigenvalue weighted by Gasteiger charge is -2.41. The second kappa shape index (κ2) is 7.14. The molecule has 3 rings (SSSR count). The summed E-state index contributed by atoms with van der Waals surface area (Å²) in [6.07, 6.45) is 3.39. The molecule has 2 fully saturated rings. The molecule has 23 heavy (non-hydrogen) atoms. The molecule has 5 heteroatoms. The summed E-state index contributed by atoms with van der Waals surface area (Å²) in [7, 11) is 5.34. The molecule has 0 amide bonds. The standard InChI is InChI=1S/C18H25NO3S/c1-19-13-6-9-15(19)17(18(20)22-3)16(10-13)23-11-12-4-7-14(21-2)8-5-12/h4-5,7-8,13,15-17H,6,9-11H2,1-3H3/t13-,15+,16+,17-/m0/s1. The van der Waals surface area contributed by atoms with Gasteiger partial charge in [-0.3, -0.25) is 9.69 Å². The topological polar surface area (TPSA) is 38.8 Å². The van der Waals surface area contributed by atoms with E-state index in [9.17, 15) is 4.79 Å². The summed E-state index contributed by atoms with van der Waals surface area (Å²) in [4.78, 5) is 14.7. The van der Waals surface area contributed by atoms with Crippen LogP contribution in [0.4, 0.5) is 0 Å². The number of thioether (sulfide) groups is 1. The molecule has 2 heterocycles. The molecule has 4 atom stereocenters. The van der Waals surface area contributed by atoms with Gasteiger partial charge in [0, 0.05) is 23.1 Å². The molecule has 2 aliphatic rings. The fraction of sp³-hybridized carbons (Fsp3) is 0.611. The lowest BCUT2D eigenvalue weighted by atomic mass is 9.90. The number of carbonyl (C=O) groups is 1. The minimum absolute atomic E-state index is 0.00741. The van der Waals surface area contributed by atoms with Crippen molar-refractivity contribution >= 4 is 17.7 Å². The fourth-order valence-corrected chi connectivity index (χ4v) is 5.42. The van der Waals surface area contributed by atoms with Crippen LogP contribution in [0.15, 0.2) is 24.3 Å². The quantitative estimate of drug-likeness (QED) is 0.774. The van der Waals surface area contributed by atoms with Crippen LogP contribution in [0.2, 0.25) is 0 Å². The third-order valence-electron chi connectivity index (χ3n) is 5.31. The second-order valence-corrected chi connectivity index (χ2v) is 7.67. The van der Waals surface area contributed by atoms with Crippen molar-refractivity contribution in [1.82, 2.24) is 4.90 Å². The molecule has 1 aromatic carbocycles. The van der Waals surface area contributed by atoms with Crippen LogP contribution in [-0.4, -0.2) is 49.5 Å². The number of esters is 1. The van der Waals surface area contributed by atoms with E-state index < -0.39 is 0 Å². The summed E-state index contributed by atoms with van der Waals surface area (Å²) in [6.45, 7) is 0. The van der Waals surface area contributed by atoms with E-state index in [1.807, 2.05) is 23.9 Å². The van der Waals surface area contributed by atoms with Crippen molar-refractivity contribution in [2.24, 2.45) is 5.92 Å². The van der Waals surface area contributed by atoms with Gasteiger partial charge in [0.05, 0.1) is 20.1 Å². The highest BCUT2D eigenvalue weighted by molar-refractivity contribution is 7.99. The zero-order valence-corrected chi connectivity index (χ0v) is 14.8. The van der Waals surface area contributed by atoms with Crippen LogP contribution in [0.5, 0.6) is 5.75 Å². The highest BCUT2D eigenvalue weighted by Crippen LogP contribution is 2.44. The van der Waals surface area contributed by atoms with Gasteiger partial charge in [-0.1, -0.05) is 12.1 Å². The van der Waals surface area contributed by atoms with Gasteiger partial charge in [-0.2, -0.15) is 11.8 Å². The Morgan fingerprint density at radius 2 is 2.00 bits per heavy atom. The van der Waals surface area contributed by atoms with Crippen LogP contribution in [0.3, 0.4) is 0 Å². The Balaban J connectivity index is 1.68. The first kappa shape index (κ1) is 16.7. The fourth-order valence-electron chi connectivity index (χ4n) is 3.96. The van der Waals surface area contributed by atoms with E-state index in [0.717, 1.165) is 24.3 Å². The number of carbonyl (C=O) groups excluding carboxylic acids is 1. The molecule has 0 aliphatic carbocycles. The number of fused-ring (bicyclic) bond motifs is 2. The number of nitrogens with zero attached hydrogens (tertiary/aromatic N) is 1. The van der Waals surface area contributed by atoms with Crippen LogP contribution in [0.25, 0.3) is 0 Å². The average Bonchev–Trinajstić information content (AvgIpc) is 2.83. The molecule has 0 N–H and O–H groups in total. The number of piperidine rings is 1. The zero-order valence-electron chi connectivity index (χ0n) is 14.0. The van der Waals surface area contributed by atoms with Crippen LogP contribution in [-0.2, 0) is 15.3 Å². The number of ether oxygens (including phenoxy) is 2. The molecule has 0 saturated carbocycles. The highest BCUT2D eigenvalue weighted by atomic mass is 32.2. The molecule has 2 bridgehead atoms. The lowest BCUT2D eigenvalue weighted by Crippen LogP contribution is -2.51. The second-order valence-electron chi connectivity index (χ2n) is 6.45. The van der Waals surface area contributed by atoms with Crippen LogP contribution >= 0.6 is 11.8 Å². The van der Waals surface area contributed by atoms with Crippen molar-refractivity contribution in [1.29, 1.82) is 0 Å². The molecule has 1 aromatic rings. The average molecular weight is 335 g/mol. The van der Waals surface area contributed by atoms with E-state index in [-0.39, 0.29) is 11.9 Å². The smallest absolute Gasteiger partial charge is 0.311 e. The number of methoxy groups -OCH3 is 2. The van der Waals surface area contributed by atoms with Crippen molar-refractivity contribution in [3.05, 3.63) is 29.8 Å².